The number of morpholine rings is 1. The average Bonchev–Trinajstić information content (AvgIpc) is 3.44. The van der Waals surface area contributed by atoms with Gasteiger partial charge in [0.05, 0.1) is 42.6 Å². The molecule has 200 valence electrons. The standard InChI is InChI=1S/C25H32FN5O5S/c1-13-4-6-15(7-5-13)20(23-19(24(27)32)14(2)30-36-23)25-28-17-9-8-16(21(26)22(17)29-25)18-12-35-11-10-31(18)37(3,33)34/h8-9,13,15,18,20H,4-7,10-12H2,1-3H3,(H2,27,32)(H,28,29)/t13?,15?,18?,20-/m1/s1. The fraction of sp³-hybridized carbons (Fsp3) is 0.560. The molecule has 12 heteroatoms. The van der Waals surface area contributed by atoms with Gasteiger partial charge in [0.1, 0.15) is 16.9 Å². The highest BCUT2D eigenvalue weighted by atomic mass is 32.2. The van der Waals surface area contributed by atoms with Gasteiger partial charge < -0.3 is 20.0 Å². The van der Waals surface area contributed by atoms with Gasteiger partial charge in [-0.3, -0.25) is 4.79 Å². The van der Waals surface area contributed by atoms with Crippen LogP contribution >= 0.6 is 0 Å². The number of halogens is 1. The number of rotatable bonds is 6. The van der Waals surface area contributed by atoms with E-state index in [1.54, 1.807) is 19.1 Å². The number of fused-ring (bicyclic) bond motifs is 1. The topological polar surface area (TPSA) is 144 Å². The third kappa shape index (κ3) is 4.77. The largest absolute Gasteiger partial charge is 0.378 e. The molecular weight excluding hydrogens is 501 g/mol. The van der Waals surface area contributed by atoms with Crippen molar-refractivity contribution >= 4 is 27.0 Å². The van der Waals surface area contributed by atoms with E-state index in [0.29, 0.717) is 28.7 Å². The van der Waals surface area contributed by atoms with E-state index >= 15 is 4.39 Å². The lowest BCUT2D eigenvalue weighted by Gasteiger charge is -2.33. The maximum Gasteiger partial charge on any atom is 0.254 e. The highest BCUT2D eigenvalue weighted by molar-refractivity contribution is 7.88. The van der Waals surface area contributed by atoms with E-state index in [1.807, 2.05) is 0 Å². The number of carbonyl (C=O) groups excluding carboxylic acids is 1. The highest BCUT2D eigenvalue weighted by Gasteiger charge is 2.38. The summed E-state index contributed by atoms with van der Waals surface area (Å²) in [6.07, 6.45) is 4.91. The van der Waals surface area contributed by atoms with Crippen molar-refractivity contribution in [2.24, 2.45) is 17.6 Å². The van der Waals surface area contributed by atoms with E-state index in [0.717, 1.165) is 31.9 Å². The summed E-state index contributed by atoms with van der Waals surface area (Å²) in [6.45, 7) is 4.33. The van der Waals surface area contributed by atoms with Gasteiger partial charge in [0.25, 0.3) is 5.91 Å². The van der Waals surface area contributed by atoms with Crippen molar-refractivity contribution in [3.63, 3.8) is 0 Å². The minimum Gasteiger partial charge on any atom is -0.378 e. The van der Waals surface area contributed by atoms with E-state index in [-0.39, 0.29) is 42.3 Å². The molecule has 1 unspecified atom stereocenters. The lowest BCUT2D eigenvalue weighted by Crippen LogP contribution is -2.43. The van der Waals surface area contributed by atoms with Crippen LogP contribution in [0, 0.1) is 24.6 Å². The smallest absolute Gasteiger partial charge is 0.254 e. The zero-order valence-electron chi connectivity index (χ0n) is 21.2. The molecule has 37 heavy (non-hydrogen) atoms. The molecule has 1 aliphatic carbocycles. The first-order chi connectivity index (χ1) is 17.6. The third-order valence-corrected chi connectivity index (χ3v) is 9.04. The molecule has 2 atom stereocenters. The predicted molar refractivity (Wildman–Crippen MR) is 134 cm³/mol. The van der Waals surface area contributed by atoms with Gasteiger partial charge in [0.2, 0.25) is 10.0 Å². The fourth-order valence-electron chi connectivity index (χ4n) is 5.79. The summed E-state index contributed by atoms with van der Waals surface area (Å²) in [4.78, 5) is 20.2. The van der Waals surface area contributed by atoms with E-state index < -0.39 is 33.7 Å². The Morgan fingerprint density at radius 1 is 1.27 bits per heavy atom. The number of benzene rings is 1. The first-order valence-electron chi connectivity index (χ1n) is 12.5. The van der Waals surface area contributed by atoms with Crippen LogP contribution in [0.1, 0.15) is 77.8 Å². The van der Waals surface area contributed by atoms with Gasteiger partial charge in [-0.1, -0.05) is 31.0 Å². The van der Waals surface area contributed by atoms with Gasteiger partial charge in [-0.15, -0.1) is 0 Å². The maximum atomic E-state index is 15.9. The molecule has 1 saturated carbocycles. The van der Waals surface area contributed by atoms with Crippen molar-refractivity contribution in [2.75, 3.05) is 26.0 Å². The zero-order chi connectivity index (χ0) is 26.5. The minimum atomic E-state index is -3.57. The van der Waals surface area contributed by atoms with Gasteiger partial charge in [-0.05, 0) is 37.7 Å². The van der Waals surface area contributed by atoms with Gasteiger partial charge in [0, 0.05) is 12.1 Å². The fourth-order valence-corrected chi connectivity index (χ4v) is 6.83. The van der Waals surface area contributed by atoms with Crippen LogP contribution in [0.15, 0.2) is 16.7 Å². The summed E-state index contributed by atoms with van der Waals surface area (Å²) < 4.78 is 53.0. The number of aryl methyl sites for hydroxylation is 1. The Labute approximate surface area is 214 Å². The molecule has 3 heterocycles. The third-order valence-electron chi connectivity index (χ3n) is 7.75. The number of nitrogens with one attached hydrogen (secondary N) is 1. The summed E-state index contributed by atoms with van der Waals surface area (Å²) in [5, 5.41) is 4.00. The van der Waals surface area contributed by atoms with Crippen LogP contribution in [-0.2, 0) is 14.8 Å². The predicted octanol–water partition coefficient (Wildman–Crippen LogP) is 3.39. The Morgan fingerprint density at radius 2 is 2.00 bits per heavy atom. The summed E-state index contributed by atoms with van der Waals surface area (Å²) >= 11 is 0. The average molecular weight is 534 g/mol. The Morgan fingerprint density at radius 3 is 2.68 bits per heavy atom. The second-order valence-corrected chi connectivity index (χ2v) is 12.3. The lowest BCUT2D eigenvalue weighted by atomic mass is 9.74. The SMILES string of the molecule is Cc1noc([C@H](c2nc3c(F)c(C4COCCN4S(C)(=O)=O)ccc3[nH]2)C2CCC(C)CC2)c1C(N)=O. The van der Waals surface area contributed by atoms with Crippen LogP contribution in [0.25, 0.3) is 11.0 Å². The molecule has 1 saturated heterocycles. The molecule has 1 aromatic carbocycles. The number of sulfonamides is 1. The second-order valence-electron chi connectivity index (χ2n) is 10.3. The first kappa shape index (κ1) is 25.8. The van der Waals surface area contributed by atoms with Gasteiger partial charge in [-0.25, -0.2) is 17.8 Å². The summed E-state index contributed by atoms with van der Waals surface area (Å²) in [5.74, 6) is -0.212. The number of aromatic nitrogens is 3. The number of nitrogens with two attached hydrogens (primary N) is 1. The number of ether oxygens (including phenoxy) is 1. The Kier molecular flexibility index (Phi) is 6.84. The number of carbonyl (C=O) groups is 1. The molecule has 2 aliphatic rings. The van der Waals surface area contributed by atoms with Crippen LogP contribution in [-0.4, -0.2) is 59.8 Å². The molecule has 1 amide bonds. The normalized spacial score (nSPS) is 24.4. The monoisotopic (exact) mass is 533 g/mol. The number of H-pyrrole nitrogens is 1. The molecule has 1 aliphatic heterocycles. The summed E-state index contributed by atoms with van der Waals surface area (Å²) in [6, 6.07) is 2.48. The number of nitrogens with zero attached hydrogens (tertiary/aromatic N) is 3. The van der Waals surface area contributed by atoms with E-state index in [9.17, 15) is 13.2 Å². The molecule has 2 fully saturated rings. The molecule has 10 nitrogen and oxygen atoms in total. The molecule has 3 N–H and O–H groups in total. The maximum absolute atomic E-state index is 15.9. The minimum absolute atomic E-state index is 0.0506. The molecule has 0 bridgehead atoms. The summed E-state index contributed by atoms with van der Waals surface area (Å²) in [7, 11) is -3.57. The van der Waals surface area contributed by atoms with Crippen molar-refractivity contribution in [3.8, 4) is 0 Å². The quantitative estimate of drug-likeness (QED) is 0.494. The van der Waals surface area contributed by atoms with E-state index in [2.05, 4.69) is 22.0 Å². The molecule has 2 aromatic heterocycles. The van der Waals surface area contributed by atoms with Crippen LogP contribution < -0.4 is 5.73 Å². The lowest BCUT2D eigenvalue weighted by molar-refractivity contribution is 0.0312. The number of aromatic amines is 1. The molecule has 0 radical (unpaired) electrons. The van der Waals surface area contributed by atoms with Crippen molar-refractivity contribution in [1.29, 1.82) is 0 Å². The number of primary amides is 1. The van der Waals surface area contributed by atoms with Crippen LogP contribution in [0.2, 0.25) is 0 Å². The summed E-state index contributed by atoms with van der Waals surface area (Å²) in [5.41, 5.74) is 7.07. The van der Waals surface area contributed by atoms with Crippen molar-refractivity contribution in [3.05, 3.63) is 46.4 Å². The van der Waals surface area contributed by atoms with Crippen LogP contribution in [0.4, 0.5) is 4.39 Å². The Bertz CT molecular complexity index is 1430. The first-order valence-corrected chi connectivity index (χ1v) is 14.4. The van der Waals surface area contributed by atoms with E-state index in [1.165, 1.54) is 4.31 Å². The molecule has 3 aromatic rings. The van der Waals surface area contributed by atoms with Gasteiger partial charge >= 0.3 is 0 Å². The van der Waals surface area contributed by atoms with Crippen LogP contribution in [0.5, 0.6) is 0 Å². The van der Waals surface area contributed by atoms with Gasteiger partial charge in [-0.2, -0.15) is 4.31 Å². The van der Waals surface area contributed by atoms with Crippen molar-refractivity contribution in [2.45, 2.75) is 51.5 Å². The van der Waals surface area contributed by atoms with Crippen molar-refractivity contribution < 1.29 is 26.9 Å². The molecule has 0 spiro atoms. The highest BCUT2D eigenvalue weighted by Crippen LogP contribution is 2.43. The molecule has 5 rings (SSSR count). The Balaban J connectivity index is 1.61. The number of hydrogen-bond donors (Lipinski definition) is 2. The van der Waals surface area contributed by atoms with Crippen molar-refractivity contribution in [1.82, 2.24) is 19.4 Å². The second kappa shape index (κ2) is 9.80. The zero-order valence-corrected chi connectivity index (χ0v) is 22.0. The molecular formula is C25H32FN5O5S. The van der Waals surface area contributed by atoms with Gasteiger partial charge in [0.15, 0.2) is 11.6 Å². The Hall–Kier alpha value is -2.83. The number of amides is 1. The van der Waals surface area contributed by atoms with Crippen LogP contribution in [0.3, 0.4) is 0 Å². The number of imidazole rings is 1. The number of hydrogen-bond acceptors (Lipinski definition) is 7. The van der Waals surface area contributed by atoms with E-state index in [4.69, 9.17) is 15.0 Å².